The topological polar surface area (TPSA) is 95.6 Å². The number of halogens is 3. The molecule has 1 unspecified atom stereocenters. The summed E-state index contributed by atoms with van der Waals surface area (Å²) in [7, 11) is 12.2. The van der Waals surface area contributed by atoms with Gasteiger partial charge in [0.2, 0.25) is 11.8 Å². The number of carbonyl (C=O) groups excluding carboxylic acids is 4. The van der Waals surface area contributed by atoms with Gasteiger partial charge in [-0.1, -0.05) is 40.7 Å². The smallest absolute Gasteiger partial charge is 0.347 e. The predicted molar refractivity (Wildman–Crippen MR) is 120 cm³/mol. The van der Waals surface area contributed by atoms with Gasteiger partial charge in [-0.25, -0.2) is 0 Å². The standard InChI is InChI=1S/C22H16B2ClF2N3O4/c23-15-7-12-14(9-30(20(12)33)16-5-6-17(31)29-19(16)32)18(24)13(15)8-28-21(34)22(26,27)10-1-3-11(25)4-2-10/h1-4,7,16H,5-6,8-9H2,(H,28,34)(H,29,31,32). The van der Waals surface area contributed by atoms with E-state index in [1.54, 1.807) is 0 Å². The molecular formula is C22H16B2ClF2N3O4. The summed E-state index contributed by atoms with van der Waals surface area (Å²) in [5.41, 5.74) is 0.295. The fraction of sp³-hybridized carbons (Fsp3) is 0.273. The van der Waals surface area contributed by atoms with Crippen LogP contribution in [-0.4, -0.2) is 50.3 Å². The summed E-state index contributed by atoms with van der Waals surface area (Å²) in [6.07, 6.45) is 0.260. The van der Waals surface area contributed by atoms with E-state index >= 15 is 0 Å². The number of carbonyl (C=O) groups is 4. The SMILES string of the molecule is [B]c1cc2c(c([B])c1CNC(=O)C(F)(F)c1ccc(Cl)cc1)CN(C1CCC(=O)NC1=O)C2=O. The zero-order valence-electron chi connectivity index (χ0n) is 17.7. The van der Waals surface area contributed by atoms with Crippen LogP contribution in [0.2, 0.25) is 5.02 Å². The summed E-state index contributed by atoms with van der Waals surface area (Å²) < 4.78 is 29.1. The quantitative estimate of drug-likeness (QED) is 0.468. The lowest BCUT2D eigenvalue weighted by Gasteiger charge is -2.29. The van der Waals surface area contributed by atoms with Gasteiger partial charge in [-0.3, -0.25) is 24.5 Å². The van der Waals surface area contributed by atoms with E-state index in [2.05, 4.69) is 10.6 Å². The molecule has 170 valence electrons. The van der Waals surface area contributed by atoms with Gasteiger partial charge in [-0.2, -0.15) is 8.78 Å². The zero-order chi connectivity index (χ0) is 24.8. The molecule has 0 aliphatic carbocycles. The average molecular weight is 481 g/mol. The van der Waals surface area contributed by atoms with Crippen LogP contribution in [-0.2, 0) is 33.4 Å². The largest absolute Gasteiger partial charge is 0.349 e. The second-order valence-corrected chi connectivity index (χ2v) is 8.48. The molecule has 0 aromatic heterocycles. The first-order valence-corrected chi connectivity index (χ1v) is 10.6. The number of amides is 4. The molecule has 2 heterocycles. The summed E-state index contributed by atoms with van der Waals surface area (Å²) in [5, 5.41) is 4.59. The van der Waals surface area contributed by atoms with Crippen LogP contribution in [0.3, 0.4) is 0 Å². The summed E-state index contributed by atoms with van der Waals surface area (Å²) in [6.45, 7) is -0.423. The number of imide groups is 1. The number of benzene rings is 2. The van der Waals surface area contributed by atoms with Gasteiger partial charge in [0.05, 0.1) is 0 Å². The molecule has 1 fully saturated rings. The van der Waals surface area contributed by atoms with Gasteiger partial charge in [-0.05, 0) is 29.7 Å². The van der Waals surface area contributed by atoms with Gasteiger partial charge in [0.1, 0.15) is 21.7 Å². The molecule has 0 saturated carbocycles. The van der Waals surface area contributed by atoms with E-state index in [0.29, 0.717) is 5.56 Å². The highest BCUT2D eigenvalue weighted by Gasteiger charge is 2.42. The Balaban J connectivity index is 1.53. The van der Waals surface area contributed by atoms with Gasteiger partial charge >= 0.3 is 5.92 Å². The molecule has 7 nitrogen and oxygen atoms in total. The van der Waals surface area contributed by atoms with Gasteiger partial charge in [0.15, 0.2) is 0 Å². The zero-order valence-corrected chi connectivity index (χ0v) is 18.4. The normalized spacial score (nSPS) is 18.0. The molecular weight excluding hydrogens is 465 g/mol. The third-order valence-corrected chi connectivity index (χ3v) is 6.20. The second-order valence-electron chi connectivity index (χ2n) is 8.05. The molecule has 2 aromatic carbocycles. The molecule has 1 atom stereocenters. The third-order valence-electron chi connectivity index (χ3n) is 5.95. The third kappa shape index (κ3) is 4.20. The van der Waals surface area contributed by atoms with Crippen molar-refractivity contribution in [1.82, 2.24) is 15.5 Å². The molecule has 34 heavy (non-hydrogen) atoms. The highest BCUT2D eigenvalue weighted by Crippen LogP contribution is 2.30. The summed E-state index contributed by atoms with van der Waals surface area (Å²) in [5.74, 6) is -6.87. The first-order valence-electron chi connectivity index (χ1n) is 10.3. The van der Waals surface area contributed by atoms with E-state index in [1.165, 1.54) is 23.1 Å². The van der Waals surface area contributed by atoms with Gasteiger partial charge in [-0.15, -0.1) is 0 Å². The molecule has 0 spiro atoms. The maximum Gasteiger partial charge on any atom is 0.349 e. The Hall–Kier alpha value is -3.20. The Morgan fingerprint density at radius 1 is 1.21 bits per heavy atom. The lowest BCUT2D eigenvalue weighted by atomic mass is 9.76. The maximum atomic E-state index is 14.5. The van der Waals surface area contributed by atoms with Crippen molar-refractivity contribution in [2.45, 2.75) is 37.9 Å². The van der Waals surface area contributed by atoms with E-state index in [1.807, 2.05) is 0 Å². The minimum Gasteiger partial charge on any atom is -0.347 e. The van der Waals surface area contributed by atoms with Crippen LogP contribution >= 0.6 is 11.6 Å². The highest BCUT2D eigenvalue weighted by atomic mass is 35.5. The number of alkyl halides is 2. The number of piperidine rings is 1. The molecule has 1 saturated heterocycles. The van der Waals surface area contributed by atoms with Crippen molar-refractivity contribution in [3.63, 3.8) is 0 Å². The monoisotopic (exact) mass is 481 g/mol. The van der Waals surface area contributed by atoms with Crippen molar-refractivity contribution in [2.75, 3.05) is 0 Å². The molecule has 2 aromatic rings. The van der Waals surface area contributed by atoms with E-state index in [-0.39, 0.29) is 46.5 Å². The van der Waals surface area contributed by atoms with E-state index in [4.69, 9.17) is 27.3 Å². The van der Waals surface area contributed by atoms with Crippen LogP contribution in [0, 0.1) is 0 Å². The first kappa shape index (κ1) is 23.9. The molecule has 0 bridgehead atoms. The molecule has 4 amide bonds. The number of rotatable bonds is 5. The fourth-order valence-electron chi connectivity index (χ4n) is 4.07. The first-order chi connectivity index (χ1) is 16.0. The lowest BCUT2D eigenvalue weighted by Crippen LogP contribution is -2.52. The van der Waals surface area contributed by atoms with Crippen molar-refractivity contribution in [1.29, 1.82) is 0 Å². The Morgan fingerprint density at radius 3 is 2.53 bits per heavy atom. The lowest BCUT2D eigenvalue weighted by molar-refractivity contribution is -0.147. The van der Waals surface area contributed by atoms with Crippen LogP contribution in [0.5, 0.6) is 0 Å². The van der Waals surface area contributed by atoms with Crippen LogP contribution < -0.4 is 21.6 Å². The minimum absolute atomic E-state index is 0.0194. The fourth-order valence-corrected chi connectivity index (χ4v) is 4.19. The molecule has 12 heteroatoms. The number of fused-ring (bicyclic) bond motifs is 1. The van der Waals surface area contributed by atoms with Gasteiger partial charge < -0.3 is 10.2 Å². The van der Waals surface area contributed by atoms with Crippen molar-refractivity contribution >= 4 is 61.8 Å². The average Bonchev–Trinajstić information content (AvgIpc) is 3.10. The highest BCUT2D eigenvalue weighted by molar-refractivity contribution is 6.41. The van der Waals surface area contributed by atoms with Gasteiger partial charge in [0.25, 0.3) is 11.8 Å². The predicted octanol–water partition coefficient (Wildman–Crippen LogP) is 0.0968. The van der Waals surface area contributed by atoms with Crippen LogP contribution in [0.25, 0.3) is 0 Å². The number of nitrogens with one attached hydrogen (secondary N) is 2. The Kier molecular flexibility index (Phi) is 6.24. The number of nitrogens with zero attached hydrogens (tertiary/aromatic N) is 1. The van der Waals surface area contributed by atoms with Crippen LogP contribution in [0.4, 0.5) is 8.78 Å². The summed E-state index contributed by atoms with van der Waals surface area (Å²) in [4.78, 5) is 50.0. The molecule has 4 radical (unpaired) electrons. The van der Waals surface area contributed by atoms with Crippen molar-refractivity contribution in [3.05, 3.63) is 57.6 Å². The Morgan fingerprint density at radius 2 is 1.88 bits per heavy atom. The Bertz CT molecular complexity index is 1220. The van der Waals surface area contributed by atoms with Gasteiger partial charge in [0, 0.05) is 35.7 Å². The van der Waals surface area contributed by atoms with Crippen molar-refractivity contribution < 1.29 is 28.0 Å². The maximum absolute atomic E-state index is 14.5. The second kappa shape index (κ2) is 8.87. The number of hydrogen-bond acceptors (Lipinski definition) is 4. The molecule has 4 rings (SSSR count). The molecule has 2 N–H and O–H groups in total. The summed E-state index contributed by atoms with van der Waals surface area (Å²) >= 11 is 5.71. The minimum atomic E-state index is -3.83. The van der Waals surface area contributed by atoms with Crippen molar-refractivity contribution in [2.24, 2.45) is 0 Å². The summed E-state index contributed by atoms with van der Waals surface area (Å²) in [6, 6.07) is 5.10. The van der Waals surface area contributed by atoms with Crippen LogP contribution in [0.15, 0.2) is 30.3 Å². The van der Waals surface area contributed by atoms with E-state index < -0.39 is 47.7 Å². The Labute approximate surface area is 201 Å². The molecule has 2 aliphatic heterocycles. The molecule has 2 aliphatic rings. The van der Waals surface area contributed by atoms with Crippen LogP contribution in [0.1, 0.15) is 39.9 Å². The van der Waals surface area contributed by atoms with Crippen molar-refractivity contribution in [3.8, 4) is 0 Å². The van der Waals surface area contributed by atoms with E-state index in [9.17, 15) is 28.0 Å². The van der Waals surface area contributed by atoms with E-state index in [0.717, 1.165) is 12.1 Å². The number of hydrogen-bond donors (Lipinski definition) is 2.